The van der Waals surface area contributed by atoms with Crippen LogP contribution in [-0.4, -0.2) is 53.7 Å². The van der Waals surface area contributed by atoms with Gasteiger partial charge in [-0.05, 0) is 45.7 Å². The highest BCUT2D eigenvalue weighted by atomic mass is 16.2. The Morgan fingerprint density at radius 2 is 1.65 bits per heavy atom. The zero-order chi connectivity index (χ0) is 18.4. The molecule has 2 fully saturated rings. The Balaban J connectivity index is 1.48. The summed E-state index contributed by atoms with van der Waals surface area (Å²) in [6.45, 7) is 5.11. The number of benzene rings is 1. The molecule has 0 N–H and O–H groups in total. The maximum absolute atomic E-state index is 12.8. The summed E-state index contributed by atoms with van der Waals surface area (Å²) in [6.07, 6.45) is 7.85. The molecular formula is C22H32N2O2. The summed E-state index contributed by atoms with van der Waals surface area (Å²) in [5, 5.41) is 0. The summed E-state index contributed by atoms with van der Waals surface area (Å²) in [5.41, 5.74) is 0.816. The van der Waals surface area contributed by atoms with Gasteiger partial charge in [0.05, 0.1) is 6.54 Å². The third kappa shape index (κ3) is 4.73. The number of hydrogen-bond acceptors (Lipinski definition) is 3. The third-order valence-corrected chi connectivity index (χ3v) is 6.05. The zero-order valence-corrected chi connectivity index (χ0v) is 16.0. The number of carbonyl (C=O) groups is 2. The summed E-state index contributed by atoms with van der Waals surface area (Å²) >= 11 is 0. The Bertz CT molecular complexity index is 587. The van der Waals surface area contributed by atoms with Gasteiger partial charge >= 0.3 is 0 Å². The normalized spacial score (nSPS) is 20.0. The van der Waals surface area contributed by atoms with Gasteiger partial charge in [-0.3, -0.25) is 14.5 Å². The van der Waals surface area contributed by atoms with Gasteiger partial charge in [-0.1, -0.05) is 49.6 Å². The molecule has 1 saturated heterocycles. The number of ketones is 1. The smallest absolute Gasteiger partial charge is 0.236 e. The largest absolute Gasteiger partial charge is 0.339 e. The minimum Gasteiger partial charge on any atom is -0.339 e. The van der Waals surface area contributed by atoms with Gasteiger partial charge in [0.25, 0.3) is 0 Å². The number of piperidine rings is 1. The van der Waals surface area contributed by atoms with E-state index in [-0.39, 0.29) is 17.6 Å². The molecule has 1 saturated carbocycles. The molecule has 1 aliphatic heterocycles. The van der Waals surface area contributed by atoms with Crippen molar-refractivity contribution in [3.63, 3.8) is 0 Å². The summed E-state index contributed by atoms with van der Waals surface area (Å²) in [7, 11) is 0. The van der Waals surface area contributed by atoms with Crippen LogP contribution in [-0.2, 0) is 4.79 Å². The Hall–Kier alpha value is -1.68. The van der Waals surface area contributed by atoms with Gasteiger partial charge in [0.1, 0.15) is 0 Å². The van der Waals surface area contributed by atoms with Crippen molar-refractivity contribution in [2.75, 3.05) is 26.2 Å². The first kappa shape index (κ1) is 19.1. The van der Waals surface area contributed by atoms with Crippen molar-refractivity contribution in [1.29, 1.82) is 0 Å². The molecule has 1 heterocycles. The van der Waals surface area contributed by atoms with Crippen LogP contribution in [0, 0.1) is 5.92 Å². The molecule has 0 aromatic heterocycles. The van der Waals surface area contributed by atoms with E-state index >= 15 is 0 Å². The molecule has 0 atom stereocenters. The van der Waals surface area contributed by atoms with Crippen LogP contribution < -0.4 is 0 Å². The van der Waals surface area contributed by atoms with Gasteiger partial charge in [0, 0.05) is 24.1 Å². The van der Waals surface area contributed by atoms with E-state index < -0.39 is 0 Å². The van der Waals surface area contributed by atoms with Crippen LogP contribution in [0.15, 0.2) is 30.3 Å². The Morgan fingerprint density at radius 3 is 2.27 bits per heavy atom. The summed E-state index contributed by atoms with van der Waals surface area (Å²) < 4.78 is 0. The molecule has 0 unspecified atom stereocenters. The van der Waals surface area contributed by atoms with E-state index in [4.69, 9.17) is 0 Å². The first-order valence-corrected chi connectivity index (χ1v) is 10.3. The molecule has 1 aliphatic carbocycles. The van der Waals surface area contributed by atoms with E-state index in [1.807, 2.05) is 30.3 Å². The molecule has 4 nitrogen and oxygen atoms in total. The molecule has 142 valence electrons. The molecule has 0 spiro atoms. The van der Waals surface area contributed by atoms with Crippen LogP contribution in [0.2, 0.25) is 0 Å². The lowest BCUT2D eigenvalue weighted by Gasteiger charge is -2.36. The van der Waals surface area contributed by atoms with Crippen LogP contribution in [0.1, 0.15) is 62.2 Å². The minimum atomic E-state index is 0.101. The lowest BCUT2D eigenvalue weighted by molar-refractivity contribution is -0.135. The second-order valence-corrected chi connectivity index (χ2v) is 7.75. The number of carbonyl (C=O) groups excluding carboxylic acids is 2. The monoisotopic (exact) mass is 356 g/mol. The van der Waals surface area contributed by atoms with Crippen molar-refractivity contribution >= 4 is 11.7 Å². The van der Waals surface area contributed by atoms with E-state index in [1.54, 1.807) is 0 Å². The van der Waals surface area contributed by atoms with Crippen molar-refractivity contribution in [1.82, 2.24) is 9.80 Å². The molecule has 1 aromatic rings. The number of Topliss-reactive ketones (excluding diaryl/α,β-unsaturated/α-hetero) is 1. The van der Waals surface area contributed by atoms with Crippen LogP contribution in [0.4, 0.5) is 0 Å². The Kier molecular flexibility index (Phi) is 6.84. The minimum absolute atomic E-state index is 0.101. The molecule has 1 aromatic carbocycles. The number of nitrogens with zero attached hydrogens (tertiary/aromatic N) is 2. The highest BCUT2D eigenvalue weighted by Gasteiger charge is 2.29. The third-order valence-electron chi connectivity index (χ3n) is 6.05. The molecule has 3 rings (SSSR count). The number of rotatable bonds is 6. The van der Waals surface area contributed by atoms with E-state index in [0.717, 1.165) is 50.9 Å². The summed E-state index contributed by atoms with van der Waals surface area (Å²) in [6, 6.07) is 10.0. The van der Waals surface area contributed by atoms with Crippen molar-refractivity contribution < 1.29 is 9.59 Å². The summed E-state index contributed by atoms with van der Waals surface area (Å²) in [4.78, 5) is 29.7. The second-order valence-electron chi connectivity index (χ2n) is 7.75. The van der Waals surface area contributed by atoms with Crippen molar-refractivity contribution in [2.24, 2.45) is 5.92 Å². The number of hydrogen-bond donors (Lipinski definition) is 0. The molecular weight excluding hydrogens is 324 g/mol. The van der Waals surface area contributed by atoms with Crippen LogP contribution >= 0.6 is 0 Å². The van der Waals surface area contributed by atoms with Gasteiger partial charge < -0.3 is 4.90 Å². The molecule has 2 aliphatic rings. The first-order valence-electron chi connectivity index (χ1n) is 10.3. The number of likely N-dealkylation sites (tertiary alicyclic amines) is 1. The Morgan fingerprint density at radius 1 is 1.00 bits per heavy atom. The van der Waals surface area contributed by atoms with Crippen molar-refractivity contribution in [2.45, 2.75) is 57.9 Å². The van der Waals surface area contributed by atoms with Gasteiger partial charge in [-0.2, -0.15) is 0 Å². The maximum atomic E-state index is 12.8. The molecule has 26 heavy (non-hydrogen) atoms. The van der Waals surface area contributed by atoms with Crippen LogP contribution in [0.5, 0.6) is 0 Å². The highest BCUT2D eigenvalue weighted by molar-refractivity contribution is 5.97. The van der Waals surface area contributed by atoms with Gasteiger partial charge in [0.15, 0.2) is 5.78 Å². The SMILES string of the molecule is CCN(C(=O)CN1CCC(C(=O)c2ccccc2)CC1)C1CCCCC1. The quantitative estimate of drug-likeness (QED) is 0.729. The van der Waals surface area contributed by atoms with Gasteiger partial charge in [-0.25, -0.2) is 0 Å². The zero-order valence-electron chi connectivity index (χ0n) is 16.0. The fourth-order valence-electron chi connectivity index (χ4n) is 4.50. The average molecular weight is 357 g/mol. The second kappa shape index (κ2) is 9.31. The van der Waals surface area contributed by atoms with Crippen molar-refractivity contribution in [3.05, 3.63) is 35.9 Å². The molecule has 1 amide bonds. The van der Waals surface area contributed by atoms with Crippen molar-refractivity contribution in [3.8, 4) is 0 Å². The van der Waals surface area contributed by atoms with E-state index in [2.05, 4.69) is 16.7 Å². The molecule has 4 heteroatoms. The maximum Gasteiger partial charge on any atom is 0.236 e. The molecule has 0 radical (unpaired) electrons. The fraction of sp³-hybridized carbons (Fsp3) is 0.636. The summed E-state index contributed by atoms with van der Waals surface area (Å²) in [5.74, 6) is 0.630. The Labute approximate surface area is 157 Å². The fourth-order valence-corrected chi connectivity index (χ4v) is 4.50. The average Bonchev–Trinajstić information content (AvgIpc) is 2.70. The van der Waals surface area contributed by atoms with Gasteiger partial charge in [0.2, 0.25) is 5.91 Å². The lowest BCUT2D eigenvalue weighted by atomic mass is 9.89. The molecule has 0 bridgehead atoms. The first-order chi connectivity index (χ1) is 12.7. The van der Waals surface area contributed by atoms with Crippen LogP contribution in [0.25, 0.3) is 0 Å². The van der Waals surface area contributed by atoms with Gasteiger partial charge in [-0.15, -0.1) is 0 Å². The lowest BCUT2D eigenvalue weighted by Crippen LogP contribution is -2.48. The topological polar surface area (TPSA) is 40.6 Å². The number of likely N-dealkylation sites (N-methyl/N-ethyl adjacent to an activating group) is 1. The highest BCUT2D eigenvalue weighted by Crippen LogP contribution is 2.24. The standard InChI is InChI=1S/C22H32N2O2/c1-2-24(20-11-7-4-8-12-20)21(25)17-23-15-13-19(14-16-23)22(26)18-9-5-3-6-10-18/h3,5-6,9-10,19-20H,2,4,7-8,11-17H2,1H3. The number of amides is 1. The predicted octanol–water partition coefficient (Wildman–Crippen LogP) is 3.76. The van der Waals surface area contributed by atoms with Crippen LogP contribution in [0.3, 0.4) is 0 Å². The van der Waals surface area contributed by atoms with E-state index in [1.165, 1.54) is 19.3 Å². The van der Waals surface area contributed by atoms with E-state index in [9.17, 15) is 9.59 Å². The van der Waals surface area contributed by atoms with E-state index in [0.29, 0.717) is 12.6 Å². The predicted molar refractivity (Wildman–Crippen MR) is 104 cm³/mol.